The number of halogens is 1. The van der Waals surface area contributed by atoms with Crippen LogP contribution in [0, 0.1) is 5.92 Å². The summed E-state index contributed by atoms with van der Waals surface area (Å²) in [5, 5.41) is 7.34. The molecule has 1 fully saturated rings. The molecule has 46 heavy (non-hydrogen) atoms. The fourth-order valence-corrected chi connectivity index (χ4v) is 9.13. The van der Waals surface area contributed by atoms with Crippen molar-refractivity contribution in [1.29, 1.82) is 0 Å². The Bertz CT molecular complexity index is 2050. The molecule has 6 rings (SSSR count). The number of thiazole rings is 1. The van der Waals surface area contributed by atoms with Crippen LogP contribution in [0.5, 0.6) is 11.5 Å². The van der Waals surface area contributed by atoms with Gasteiger partial charge in [-0.25, -0.2) is 18.5 Å². The number of anilines is 2. The van der Waals surface area contributed by atoms with E-state index in [0.29, 0.717) is 38.3 Å². The molecule has 3 aromatic carbocycles. The van der Waals surface area contributed by atoms with E-state index in [4.69, 9.17) is 14.6 Å². The summed E-state index contributed by atoms with van der Waals surface area (Å²) in [6.07, 6.45) is 0. The minimum Gasteiger partial charge on any atom is -0.493 e. The first-order chi connectivity index (χ1) is 21.9. The molecule has 2 unspecified atom stereocenters. The highest BCUT2D eigenvalue weighted by Gasteiger charge is 2.57. The number of sulfonamides is 1. The zero-order valence-electron chi connectivity index (χ0n) is 24.1. The summed E-state index contributed by atoms with van der Waals surface area (Å²) in [6, 6.07) is 17.3. The highest BCUT2D eigenvalue weighted by Crippen LogP contribution is 2.54. The first kappa shape index (κ1) is 32.0. The molecule has 238 valence electrons. The Hall–Kier alpha value is -3.96. The van der Waals surface area contributed by atoms with Crippen molar-refractivity contribution in [2.75, 3.05) is 24.4 Å². The van der Waals surface area contributed by atoms with E-state index in [1.165, 1.54) is 48.0 Å². The van der Waals surface area contributed by atoms with E-state index < -0.39 is 49.7 Å². The number of primary sulfonamides is 1. The average molecular weight is 746 g/mol. The summed E-state index contributed by atoms with van der Waals surface area (Å²) in [6.45, 7) is -0.386. The van der Waals surface area contributed by atoms with Crippen LogP contribution >= 0.6 is 39.0 Å². The number of thioether (sulfide) groups is 1. The van der Waals surface area contributed by atoms with E-state index in [2.05, 4.69) is 21.2 Å². The van der Waals surface area contributed by atoms with Gasteiger partial charge >= 0.3 is 4.87 Å². The van der Waals surface area contributed by atoms with Gasteiger partial charge in [0.1, 0.15) is 11.8 Å². The fraction of sp³-hybridized carbons (Fsp3) is 0.200. The van der Waals surface area contributed by atoms with Crippen LogP contribution in [0.2, 0.25) is 0 Å². The van der Waals surface area contributed by atoms with Crippen LogP contribution in [-0.4, -0.2) is 50.2 Å². The molecule has 3 N–H and O–H groups in total. The van der Waals surface area contributed by atoms with Gasteiger partial charge in [0.05, 0.1) is 35.7 Å². The predicted octanol–water partition coefficient (Wildman–Crippen LogP) is 3.77. The summed E-state index contributed by atoms with van der Waals surface area (Å²) < 4.78 is 36.2. The number of imide groups is 1. The number of ether oxygens (including phenoxy) is 2. The topological polar surface area (TPSA) is 167 Å². The standard InChI is InChI=1S/C30H25BrN4O8S3/c1-42-20-12-3-15(13-21(20)43-2)23-24-25(28(38)35(27(24)37)18-8-4-16(31)5-9-18)44-29-26(23)45-30(39)34(29)14-22(36)33-17-6-10-19(11-7-17)46(32,40)41/h3-13,23-25H,14H2,1-2H3,(H,33,36)(H2,32,40,41)/t23-,24?,25?/m0/s1. The second-order valence-electron chi connectivity index (χ2n) is 10.4. The number of rotatable bonds is 8. The molecule has 16 heteroatoms. The molecule has 2 aliphatic heterocycles. The van der Waals surface area contributed by atoms with Gasteiger partial charge in [-0.3, -0.25) is 23.7 Å². The lowest BCUT2D eigenvalue weighted by Gasteiger charge is -2.31. The van der Waals surface area contributed by atoms with Crippen molar-refractivity contribution in [3.05, 3.63) is 91.3 Å². The molecule has 0 bridgehead atoms. The van der Waals surface area contributed by atoms with Gasteiger partial charge in [0.2, 0.25) is 27.7 Å². The highest BCUT2D eigenvalue weighted by atomic mass is 79.9. The van der Waals surface area contributed by atoms with Gasteiger partial charge in [0.15, 0.2) is 11.5 Å². The van der Waals surface area contributed by atoms with Crippen LogP contribution in [-0.2, 0) is 31.0 Å². The van der Waals surface area contributed by atoms with Gasteiger partial charge in [0, 0.05) is 21.0 Å². The van der Waals surface area contributed by atoms with E-state index in [-0.39, 0.29) is 11.4 Å². The van der Waals surface area contributed by atoms with Crippen molar-refractivity contribution in [2.45, 2.75) is 27.6 Å². The largest absolute Gasteiger partial charge is 0.493 e. The predicted molar refractivity (Wildman–Crippen MR) is 176 cm³/mol. The van der Waals surface area contributed by atoms with Crippen molar-refractivity contribution in [2.24, 2.45) is 11.1 Å². The molecule has 1 aromatic heterocycles. The third-order valence-electron chi connectivity index (χ3n) is 7.67. The molecule has 0 radical (unpaired) electrons. The number of aromatic nitrogens is 1. The Morgan fingerprint density at radius 2 is 1.63 bits per heavy atom. The van der Waals surface area contributed by atoms with E-state index in [1.807, 2.05) is 0 Å². The minimum absolute atomic E-state index is 0.117. The Labute approximate surface area is 279 Å². The highest BCUT2D eigenvalue weighted by molar-refractivity contribution is 9.10. The molecular weight excluding hydrogens is 720 g/mol. The first-order valence-corrected chi connectivity index (χ1v) is 17.6. The third kappa shape index (κ3) is 5.75. The van der Waals surface area contributed by atoms with Crippen LogP contribution in [0.25, 0.3) is 0 Å². The second-order valence-corrected chi connectivity index (χ2v) is 15.0. The molecule has 0 saturated carbocycles. The van der Waals surface area contributed by atoms with Gasteiger partial charge in [-0.05, 0) is 66.2 Å². The number of hydrogen-bond donors (Lipinski definition) is 2. The summed E-state index contributed by atoms with van der Waals surface area (Å²) in [4.78, 5) is 55.8. The van der Waals surface area contributed by atoms with Crippen LogP contribution in [0.15, 0.2) is 85.9 Å². The quantitative estimate of drug-likeness (QED) is 0.255. The van der Waals surface area contributed by atoms with Crippen molar-refractivity contribution in [1.82, 2.24) is 4.57 Å². The summed E-state index contributed by atoms with van der Waals surface area (Å²) in [5.41, 5.74) is 1.36. The van der Waals surface area contributed by atoms with E-state index in [0.717, 1.165) is 27.6 Å². The summed E-state index contributed by atoms with van der Waals surface area (Å²) in [5.74, 6) is -2.04. The van der Waals surface area contributed by atoms with E-state index in [9.17, 15) is 27.6 Å². The smallest absolute Gasteiger partial charge is 0.308 e. The zero-order chi connectivity index (χ0) is 32.9. The lowest BCUT2D eigenvalue weighted by Crippen LogP contribution is -2.33. The molecule has 2 aliphatic rings. The molecule has 0 spiro atoms. The maximum absolute atomic E-state index is 14.1. The third-order valence-corrected chi connectivity index (χ3v) is 11.7. The first-order valence-electron chi connectivity index (χ1n) is 13.6. The normalized spacial score (nSPS) is 19.0. The van der Waals surface area contributed by atoms with E-state index >= 15 is 0 Å². The van der Waals surface area contributed by atoms with Crippen LogP contribution in [0.1, 0.15) is 16.4 Å². The molecule has 12 nitrogen and oxygen atoms in total. The zero-order valence-corrected chi connectivity index (χ0v) is 28.2. The fourth-order valence-electron chi connectivity index (χ4n) is 5.58. The number of nitrogens with two attached hydrogens (primary N) is 1. The molecule has 3 atom stereocenters. The van der Waals surface area contributed by atoms with Crippen LogP contribution in [0.3, 0.4) is 0 Å². The lowest BCUT2D eigenvalue weighted by molar-refractivity contribution is -0.122. The number of hydrogen-bond acceptors (Lipinski definition) is 10. The van der Waals surface area contributed by atoms with Gasteiger partial charge in [-0.1, -0.05) is 45.1 Å². The SMILES string of the molecule is COc1ccc([C@@H]2c3sc(=O)n(CC(=O)Nc4ccc(S(N)(=O)=O)cc4)c3SC3C(=O)N(c4ccc(Br)cc4)C(=O)C32)cc1OC. The molecule has 1 saturated heterocycles. The molecule has 4 aromatic rings. The number of nitrogens with one attached hydrogen (secondary N) is 1. The van der Waals surface area contributed by atoms with Crippen LogP contribution < -0.4 is 29.7 Å². The Kier molecular flexibility index (Phi) is 8.58. The molecular formula is C30H25BrN4O8S3. The summed E-state index contributed by atoms with van der Waals surface area (Å²) in [7, 11) is -0.921. The Morgan fingerprint density at radius 3 is 2.26 bits per heavy atom. The average Bonchev–Trinajstić information content (AvgIpc) is 3.47. The molecule has 3 heterocycles. The van der Waals surface area contributed by atoms with Crippen LogP contribution in [0.4, 0.5) is 11.4 Å². The van der Waals surface area contributed by atoms with Gasteiger partial charge < -0.3 is 14.8 Å². The minimum atomic E-state index is -3.91. The number of carbonyl (C=O) groups excluding carboxylic acids is 3. The van der Waals surface area contributed by atoms with Crippen molar-refractivity contribution >= 4 is 78.1 Å². The Balaban J connectivity index is 1.40. The maximum atomic E-state index is 14.1. The number of benzene rings is 3. The Morgan fingerprint density at radius 1 is 0.957 bits per heavy atom. The number of nitrogens with zero attached hydrogens (tertiary/aromatic N) is 2. The monoisotopic (exact) mass is 744 g/mol. The number of fused-ring (bicyclic) bond motifs is 2. The van der Waals surface area contributed by atoms with E-state index in [1.54, 1.807) is 42.5 Å². The van der Waals surface area contributed by atoms with Gasteiger partial charge in [-0.15, -0.1) is 0 Å². The summed E-state index contributed by atoms with van der Waals surface area (Å²) >= 11 is 5.39. The maximum Gasteiger partial charge on any atom is 0.308 e. The number of carbonyl (C=O) groups is 3. The van der Waals surface area contributed by atoms with Crippen molar-refractivity contribution in [3.63, 3.8) is 0 Å². The molecule has 0 aliphatic carbocycles. The number of amides is 3. The van der Waals surface area contributed by atoms with Gasteiger partial charge in [-0.2, -0.15) is 0 Å². The molecule has 3 amide bonds. The van der Waals surface area contributed by atoms with Crippen molar-refractivity contribution in [3.8, 4) is 11.5 Å². The number of methoxy groups -OCH3 is 2. The van der Waals surface area contributed by atoms with Crippen molar-refractivity contribution < 1.29 is 32.3 Å². The van der Waals surface area contributed by atoms with Gasteiger partial charge in [0.25, 0.3) is 0 Å². The lowest BCUT2D eigenvalue weighted by atomic mass is 9.83. The second kappa shape index (κ2) is 12.3.